The summed E-state index contributed by atoms with van der Waals surface area (Å²) in [5.74, 6) is -0.226. The minimum atomic E-state index is -0.975. The number of thiazole rings is 1. The van der Waals surface area contributed by atoms with Gasteiger partial charge in [-0.25, -0.2) is 14.2 Å². The van der Waals surface area contributed by atoms with Crippen molar-refractivity contribution in [1.29, 1.82) is 0 Å². The van der Waals surface area contributed by atoms with Crippen LogP contribution < -0.4 is 9.47 Å². The smallest absolute Gasteiger partial charge is 0.347 e. The molecule has 1 aromatic heterocycles. The molecule has 3 rings (SSSR count). The number of ether oxygens (including phenoxy) is 2. The molecule has 0 aliphatic heterocycles. The summed E-state index contributed by atoms with van der Waals surface area (Å²) in [6, 6.07) is 11.4. The maximum absolute atomic E-state index is 13.0. The van der Waals surface area contributed by atoms with E-state index in [0.717, 1.165) is 22.5 Å². The molecule has 0 atom stereocenters. The molecule has 0 radical (unpaired) electrons. The lowest BCUT2D eigenvalue weighted by Gasteiger charge is -2.12. The average Bonchev–Trinajstić information content (AvgIpc) is 3.12. The predicted octanol–water partition coefficient (Wildman–Crippen LogP) is 4.80. The molecule has 27 heavy (non-hydrogen) atoms. The van der Waals surface area contributed by atoms with Crippen LogP contribution in [0.1, 0.15) is 27.9 Å². The van der Waals surface area contributed by atoms with Crippen molar-refractivity contribution in [3.05, 3.63) is 64.4 Å². The zero-order chi connectivity index (χ0) is 19.4. The van der Waals surface area contributed by atoms with Crippen LogP contribution in [0.15, 0.2) is 42.5 Å². The van der Waals surface area contributed by atoms with E-state index in [0.29, 0.717) is 28.6 Å². The highest BCUT2D eigenvalue weighted by Crippen LogP contribution is 2.35. The molecule has 0 amide bonds. The normalized spacial score (nSPS) is 10.6. The fourth-order valence-corrected chi connectivity index (χ4v) is 3.54. The fourth-order valence-electron chi connectivity index (χ4n) is 2.55. The minimum absolute atomic E-state index is 0.247. The molecule has 0 spiro atoms. The second-order valence-electron chi connectivity index (χ2n) is 5.73. The number of carboxylic acid groups (broad SMARTS) is 1. The van der Waals surface area contributed by atoms with Gasteiger partial charge in [0.25, 0.3) is 0 Å². The lowest BCUT2D eigenvalue weighted by atomic mass is 10.2. The van der Waals surface area contributed by atoms with Crippen molar-refractivity contribution >= 4 is 17.3 Å². The van der Waals surface area contributed by atoms with E-state index in [1.165, 1.54) is 12.1 Å². The van der Waals surface area contributed by atoms with Crippen molar-refractivity contribution < 1.29 is 23.8 Å². The molecule has 0 saturated heterocycles. The van der Waals surface area contributed by atoms with Crippen LogP contribution in [-0.2, 0) is 13.0 Å². The molecule has 3 aromatic rings. The van der Waals surface area contributed by atoms with Gasteiger partial charge in [0, 0.05) is 5.56 Å². The zero-order valence-electron chi connectivity index (χ0n) is 14.9. The molecular weight excluding hydrogens is 369 g/mol. The SMILES string of the molecule is CCc1nc(-c2ccc(OC)c(OCc3ccc(F)cc3)c2)sc1C(=O)O. The quantitative estimate of drug-likeness (QED) is 0.631. The van der Waals surface area contributed by atoms with Crippen LogP contribution in [0.5, 0.6) is 11.5 Å². The number of aromatic nitrogens is 1. The van der Waals surface area contributed by atoms with Gasteiger partial charge in [-0.3, -0.25) is 0 Å². The van der Waals surface area contributed by atoms with E-state index >= 15 is 0 Å². The number of carboxylic acids is 1. The molecular formula is C20H18FNO4S. The van der Waals surface area contributed by atoms with Crippen LogP contribution in [0.3, 0.4) is 0 Å². The summed E-state index contributed by atoms with van der Waals surface area (Å²) in [6.45, 7) is 2.12. The molecule has 140 valence electrons. The Bertz CT molecular complexity index is 953. The Labute approximate surface area is 160 Å². The van der Waals surface area contributed by atoms with Crippen molar-refractivity contribution in [2.24, 2.45) is 0 Å². The van der Waals surface area contributed by atoms with Crippen LogP contribution in [0.2, 0.25) is 0 Å². The second-order valence-corrected chi connectivity index (χ2v) is 6.73. The van der Waals surface area contributed by atoms with Gasteiger partial charge in [0.1, 0.15) is 22.3 Å². The van der Waals surface area contributed by atoms with Gasteiger partial charge in [0.2, 0.25) is 0 Å². The minimum Gasteiger partial charge on any atom is -0.493 e. The van der Waals surface area contributed by atoms with Gasteiger partial charge in [-0.2, -0.15) is 0 Å². The molecule has 2 aromatic carbocycles. The topological polar surface area (TPSA) is 68.7 Å². The number of benzene rings is 2. The third kappa shape index (κ3) is 4.25. The van der Waals surface area contributed by atoms with Crippen LogP contribution in [-0.4, -0.2) is 23.2 Å². The lowest BCUT2D eigenvalue weighted by molar-refractivity contribution is 0.0701. The van der Waals surface area contributed by atoms with Gasteiger partial charge < -0.3 is 14.6 Å². The van der Waals surface area contributed by atoms with E-state index in [9.17, 15) is 14.3 Å². The predicted molar refractivity (Wildman–Crippen MR) is 101 cm³/mol. The number of rotatable bonds is 7. The number of hydrogen-bond acceptors (Lipinski definition) is 5. The first-order valence-corrected chi connectivity index (χ1v) is 9.12. The maximum Gasteiger partial charge on any atom is 0.347 e. The number of methoxy groups -OCH3 is 1. The van der Waals surface area contributed by atoms with Crippen molar-refractivity contribution in [2.75, 3.05) is 7.11 Å². The van der Waals surface area contributed by atoms with Gasteiger partial charge in [-0.05, 0) is 42.3 Å². The number of carbonyl (C=O) groups is 1. The zero-order valence-corrected chi connectivity index (χ0v) is 15.7. The van der Waals surface area contributed by atoms with E-state index in [4.69, 9.17) is 9.47 Å². The largest absolute Gasteiger partial charge is 0.493 e. The first-order chi connectivity index (χ1) is 13.0. The van der Waals surface area contributed by atoms with Crippen LogP contribution in [0.4, 0.5) is 4.39 Å². The second kappa shape index (κ2) is 8.18. The van der Waals surface area contributed by atoms with Crippen LogP contribution >= 0.6 is 11.3 Å². The molecule has 1 heterocycles. The highest BCUT2D eigenvalue weighted by Gasteiger charge is 2.18. The average molecular weight is 387 g/mol. The summed E-state index contributed by atoms with van der Waals surface area (Å²) in [5, 5.41) is 9.93. The third-order valence-corrected chi connectivity index (χ3v) is 5.08. The van der Waals surface area contributed by atoms with Crippen molar-refractivity contribution in [2.45, 2.75) is 20.0 Å². The third-order valence-electron chi connectivity index (χ3n) is 3.94. The summed E-state index contributed by atoms with van der Waals surface area (Å²) in [4.78, 5) is 16.1. The number of halogens is 1. The van der Waals surface area contributed by atoms with E-state index < -0.39 is 5.97 Å². The molecule has 0 aliphatic carbocycles. The highest BCUT2D eigenvalue weighted by molar-refractivity contribution is 7.17. The summed E-state index contributed by atoms with van der Waals surface area (Å²) < 4.78 is 24.2. The first kappa shape index (κ1) is 18.8. The van der Waals surface area contributed by atoms with Gasteiger partial charge in [0.05, 0.1) is 12.8 Å². The van der Waals surface area contributed by atoms with Crippen LogP contribution in [0.25, 0.3) is 10.6 Å². The van der Waals surface area contributed by atoms with Crippen molar-refractivity contribution in [3.63, 3.8) is 0 Å². The number of aryl methyl sites for hydroxylation is 1. The lowest BCUT2D eigenvalue weighted by Crippen LogP contribution is -1.98. The molecule has 0 bridgehead atoms. The summed E-state index contributed by atoms with van der Waals surface area (Å²) in [5.41, 5.74) is 2.13. The highest BCUT2D eigenvalue weighted by atomic mass is 32.1. The molecule has 0 unspecified atom stereocenters. The number of aromatic carboxylic acids is 1. The number of nitrogens with zero attached hydrogens (tertiary/aromatic N) is 1. The monoisotopic (exact) mass is 387 g/mol. The molecule has 0 aliphatic rings. The number of hydrogen-bond donors (Lipinski definition) is 1. The van der Waals surface area contributed by atoms with E-state index in [-0.39, 0.29) is 17.3 Å². The summed E-state index contributed by atoms with van der Waals surface area (Å²) in [7, 11) is 1.54. The standard InChI is InChI=1S/C20H18FNO4S/c1-3-15-18(20(23)24)27-19(22-15)13-6-9-16(25-2)17(10-13)26-11-12-4-7-14(21)8-5-12/h4-10H,3,11H2,1-2H3,(H,23,24). The van der Waals surface area contributed by atoms with Gasteiger partial charge in [0.15, 0.2) is 11.5 Å². The first-order valence-electron chi connectivity index (χ1n) is 8.30. The molecule has 7 heteroatoms. The Kier molecular flexibility index (Phi) is 5.71. The molecule has 5 nitrogen and oxygen atoms in total. The van der Waals surface area contributed by atoms with E-state index in [1.54, 1.807) is 31.4 Å². The maximum atomic E-state index is 13.0. The van der Waals surface area contributed by atoms with Crippen LogP contribution in [0, 0.1) is 5.82 Å². The fraction of sp³-hybridized carbons (Fsp3) is 0.200. The molecule has 1 N–H and O–H groups in total. The molecule has 0 saturated carbocycles. The van der Waals surface area contributed by atoms with Crippen molar-refractivity contribution in [1.82, 2.24) is 4.98 Å². The summed E-state index contributed by atoms with van der Waals surface area (Å²) >= 11 is 1.13. The van der Waals surface area contributed by atoms with Gasteiger partial charge >= 0.3 is 5.97 Å². The van der Waals surface area contributed by atoms with Gasteiger partial charge in [-0.1, -0.05) is 19.1 Å². The molecule has 0 fully saturated rings. The van der Waals surface area contributed by atoms with E-state index in [2.05, 4.69) is 4.98 Å². The van der Waals surface area contributed by atoms with Crippen molar-refractivity contribution in [3.8, 4) is 22.1 Å². The Morgan fingerprint density at radius 3 is 2.52 bits per heavy atom. The Morgan fingerprint density at radius 2 is 1.93 bits per heavy atom. The summed E-state index contributed by atoms with van der Waals surface area (Å²) in [6.07, 6.45) is 0.544. The van der Waals surface area contributed by atoms with Gasteiger partial charge in [-0.15, -0.1) is 11.3 Å². The Balaban J connectivity index is 1.89. The Morgan fingerprint density at radius 1 is 1.19 bits per heavy atom. The van der Waals surface area contributed by atoms with E-state index in [1.807, 2.05) is 13.0 Å². The Hall–Kier alpha value is -2.93.